The van der Waals surface area contributed by atoms with Gasteiger partial charge in [-0.3, -0.25) is 0 Å². The number of nitrogens with zero attached hydrogens (tertiary/aromatic N) is 1. The molecule has 0 spiro atoms. The maximum atomic E-state index is 12.1. The summed E-state index contributed by atoms with van der Waals surface area (Å²) >= 11 is 0. The number of aromatic amines is 1. The summed E-state index contributed by atoms with van der Waals surface area (Å²) in [7, 11) is -3.40. The Kier molecular flexibility index (Phi) is 4.06. The number of hydrogen-bond donors (Lipinski definition) is 2. The Morgan fingerprint density at radius 1 is 1.42 bits per heavy atom. The van der Waals surface area contributed by atoms with Crippen LogP contribution in [0.2, 0.25) is 0 Å². The van der Waals surface area contributed by atoms with Crippen molar-refractivity contribution in [2.75, 3.05) is 24.7 Å². The number of benzene rings is 1. The van der Waals surface area contributed by atoms with E-state index in [0.717, 1.165) is 0 Å². The van der Waals surface area contributed by atoms with Crippen LogP contribution >= 0.6 is 0 Å². The molecule has 0 saturated heterocycles. The fourth-order valence-corrected chi connectivity index (χ4v) is 2.94. The van der Waals surface area contributed by atoms with E-state index in [4.69, 9.17) is 10.5 Å². The number of imidazole rings is 1. The summed E-state index contributed by atoms with van der Waals surface area (Å²) in [5.41, 5.74) is 7.43. The van der Waals surface area contributed by atoms with Crippen LogP contribution in [0.4, 0.5) is 5.69 Å². The molecule has 0 aliphatic rings. The third-order valence-corrected chi connectivity index (χ3v) is 4.29. The zero-order chi connectivity index (χ0) is 13.9. The average molecular weight is 283 g/mol. The summed E-state index contributed by atoms with van der Waals surface area (Å²) in [5.74, 6) is 0.0162. The number of hydrogen-bond acceptors (Lipinski definition) is 5. The highest BCUT2D eigenvalue weighted by atomic mass is 32.2. The standard InChI is InChI=1S/C12H17N3O3S/c1-2-18-6-3-7-19(16,17)12-14-10-5-4-9(13)8-11(10)15-12/h4-5,8H,2-3,6-7,13H2,1H3,(H,14,15). The zero-order valence-corrected chi connectivity index (χ0v) is 11.5. The molecule has 0 bridgehead atoms. The van der Waals surface area contributed by atoms with Gasteiger partial charge in [0, 0.05) is 18.9 Å². The molecule has 0 radical (unpaired) electrons. The molecule has 0 saturated carbocycles. The maximum Gasteiger partial charge on any atom is 0.226 e. The van der Waals surface area contributed by atoms with Crippen LogP contribution in [0.5, 0.6) is 0 Å². The Balaban J connectivity index is 2.18. The van der Waals surface area contributed by atoms with Crippen molar-refractivity contribution in [1.29, 1.82) is 0 Å². The van der Waals surface area contributed by atoms with Crippen molar-refractivity contribution in [3.63, 3.8) is 0 Å². The summed E-state index contributed by atoms with van der Waals surface area (Å²) in [6.45, 7) is 2.89. The first-order chi connectivity index (χ1) is 9.03. The summed E-state index contributed by atoms with van der Waals surface area (Å²) < 4.78 is 29.3. The van der Waals surface area contributed by atoms with Crippen molar-refractivity contribution in [3.05, 3.63) is 18.2 Å². The average Bonchev–Trinajstić information content (AvgIpc) is 2.78. The van der Waals surface area contributed by atoms with Crippen molar-refractivity contribution in [1.82, 2.24) is 9.97 Å². The van der Waals surface area contributed by atoms with Crippen molar-refractivity contribution in [3.8, 4) is 0 Å². The van der Waals surface area contributed by atoms with Crippen LogP contribution in [0.15, 0.2) is 23.4 Å². The van der Waals surface area contributed by atoms with Crippen molar-refractivity contribution in [2.24, 2.45) is 0 Å². The second-order valence-electron chi connectivity index (χ2n) is 4.19. The predicted octanol–water partition coefficient (Wildman–Crippen LogP) is 1.35. The molecule has 3 N–H and O–H groups in total. The van der Waals surface area contributed by atoms with Crippen LogP contribution in [0.3, 0.4) is 0 Å². The molecule has 0 aliphatic carbocycles. The Morgan fingerprint density at radius 2 is 2.21 bits per heavy atom. The van der Waals surface area contributed by atoms with Gasteiger partial charge >= 0.3 is 0 Å². The van der Waals surface area contributed by atoms with Crippen LogP contribution in [0.25, 0.3) is 11.0 Å². The number of sulfone groups is 1. The predicted molar refractivity (Wildman–Crippen MR) is 73.7 cm³/mol. The Bertz CT molecular complexity index is 664. The lowest BCUT2D eigenvalue weighted by Crippen LogP contribution is -2.11. The van der Waals surface area contributed by atoms with E-state index in [9.17, 15) is 8.42 Å². The number of H-pyrrole nitrogens is 1. The first-order valence-electron chi connectivity index (χ1n) is 6.08. The fraction of sp³-hybridized carbons (Fsp3) is 0.417. The Hall–Kier alpha value is -1.60. The van der Waals surface area contributed by atoms with Gasteiger partial charge in [-0.05, 0) is 31.5 Å². The molecule has 0 atom stereocenters. The normalized spacial score (nSPS) is 12.1. The molecule has 2 aromatic rings. The van der Waals surface area contributed by atoms with Crippen molar-refractivity contribution < 1.29 is 13.2 Å². The number of ether oxygens (including phenoxy) is 1. The Morgan fingerprint density at radius 3 is 2.95 bits per heavy atom. The van der Waals surface area contributed by atoms with E-state index in [0.29, 0.717) is 36.4 Å². The van der Waals surface area contributed by atoms with Gasteiger partial charge in [0.25, 0.3) is 0 Å². The van der Waals surface area contributed by atoms with Crippen LogP contribution in [-0.4, -0.2) is 37.4 Å². The van der Waals surface area contributed by atoms with Crippen molar-refractivity contribution in [2.45, 2.75) is 18.5 Å². The second-order valence-corrected chi connectivity index (χ2v) is 6.21. The third kappa shape index (κ3) is 3.24. The third-order valence-electron chi connectivity index (χ3n) is 2.68. The van der Waals surface area contributed by atoms with Crippen LogP contribution in [-0.2, 0) is 14.6 Å². The zero-order valence-electron chi connectivity index (χ0n) is 10.7. The molecule has 0 unspecified atom stereocenters. The number of aromatic nitrogens is 2. The largest absolute Gasteiger partial charge is 0.399 e. The van der Waals surface area contributed by atoms with E-state index in [1.807, 2.05) is 6.92 Å². The molecule has 1 aromatic heterocycles. The second kappa shape index (κ2) is 5.58. The number of fused-ring (bicyclic) bond motifs is 1. The van der Waals surface area contributed by atoms with Gasteiger partial charge in [-0.1, -0.05) is 0 Å². The van der Waals surface area contributed by atoms with Gasteiger partial charge < -0.3 is 15.5 Å². The molecule has 6 nitrogen and oxygen atoms in total. The topological polar surface area (TPSA) is 98.1 Å². The minimum Gasteiger partial charge on any atom is -0.399 e. The molecule has 2 rings (SSSR count). The van der Waals surface area contributed by atoms with E-state index in [-0.39, 0.29) is 10.9 Å². The number of rotatable bonds is 6. The van der Waals surface area contributed by atoms with E-state index >= 15 is 0 Å². The minimum absolute atomic E-state index is 0.00963. The highest BCUT2D eigenvalue weighted by Crippen LogP contribution is 2.18. The van der Waals surface area contributed by atoms with Gasteiger partial charge in [-0.2, -0.15) is 0 Å². The molecule has 104 valence electrons. The molecule has 7 heteroatoms. The minimum atomic E-state index is -3.40. The lowest BCUT2D eigenvalue weighted by atomic mass is 10.3. The lowest BCUT2D eigenvalue weighted by Gasteiger charge is -2.01. The van der Waals surface area contributed by atoms with Gasteiger partial charge in [-0.15, -0.1) is 0 Å². The number of nitrogen functional groups attached to an aromatic ring is 1. The van der Waals surface area contributed by atoms with Gasteiger partial charge in [0.1, 0.15) is 0 Å². The lowest BCUT2D eigenvalue weighted by molar-refractivity contribution is 0.148. The van der Waals surface area contributed by atoms with E-state index < -0.39 is 9.84 Å². The molecular weight excluding hydrogens is 266 g/mol. The van der Waals surface area contributed by atoms with Gasteiger partial charge in [0.2, 0.25) is 15.0 Å². The summed E-state index contributed by atoms with van der Waals surface area (Å²) in [6, 6.07) is 5.05. The van der Waals surface area contributed by atoms with Crippen molar-refractivity contribution >= 4 is 26.6 Å². The molecule has 1 heterocycles. The summed E-state index contributed by atoms with van der Waals surface area (Å²) in [4.78, 5) is 6.88. The monoisotopic (exact) mass is 283 g/mol. The molecule has 1 aromatic carbocycles. The number of nitrogens with one attached hydrogen (secondary N) is 1. The van der Waals surface area contributed by atoms with Gasteiger partial charge in [-0.25, -0.2) is 13.4 Å². The molecule has 0 fully saturated rings. The van der Waals surface area contributed by atoms with E-state index in [2.05, 4.69) is 9.97 Å². The summed E-state index contributed by atoms with van der Waals surface area (Å²) in [6.07, 6.45) is 0.454. The quantitative estimate of drug-likeness (QED) is 0.616. The molecular formula is C12H17N3O3S. The molecule has 0 amide bonds. The number of anilines is 1. The fourth-order valence-electron chi connectivity index (χ4n) is 1.74. The smallest absolute Gasteiger partial charge is 0.226 e. The summed E-state index contributed by atoms with van der Waals surface area (Å²) in [5, 5.41) is -0.00963. The van der Waals surface area contributed by atoms with Crippen LogP contribution < -0.4 is 5.73 Å². The maximum absolute atomic E-state index is 12.1. The van der Waals surface area contributed by atoms with Gasteiger partial charge in [0.05, 0.1) is 16.8 Å². The van der Waals surface area contributed by atoms with E-state index in [1.54, 1.807) is 18.2 Å². The highest BCUT2D eigenvalue weighted by Gasteiger charge is 2.18. The molecule has 0 aliphatic heterocycles. The number of nitrogens with two attached hydrogens (primary N) is 1. The van der Waals surface area contributed by atoms with Crippen LogP contribution in [0, 0.1) is 0 Å². The van der Waals surface area contributed by atoms with Crippen LogP contribution in [0.1, 0.15) is 13.3 Å². The SMILES string of the molecule is CCOCCCS(=O)(=O)c1nc2ccc(N)cc2[nH]1. The highest BCUT2D eigenvalue weighted by molar-refractivity contribution is 7.91. The molecule has 19 heavy (non-hydrogen) atoms. The van der Waals surface area contributed by atoms with Gasteiger partial charge in [0.15, 0.2) is 0 Å². The first kappa shape index (κ1) is 13.8. The van der Waals surface area contributed by atoms with E-state index in [1.165, 1.54) is 0 Å². The Labute approximate surface area is 111 Å². The first-order valence-corrected chi connectivity index (χ1v) is 7.74.